The van der Waals surface area contributed by atoms with E-state index >= 15 is 0 Å². The van der Waals surface area contributed by atoms with E-state index in [1.54, 1.807) is 28.2 Å². The third kappa shape index (κ3) is 5.48. The van der Waals surface area contributed by atoms with Crippen LogP contribution in [0.3, 0.4) is 0 Å². The number of halogens is 1. The number of carbonyl (C=O) groups excluding carboxylic acids is 2. The zero-order valence-corrected chi connectivity index (χ0v) is 20.9. The van der Waals surface area contributed by atoms with Crippen molar-refractivity contribution in [1.82, 2.24) is 14.8 Å². The molecule has 1 saturated heterocycles. The lowest BCUT2D eigenvalue weighted by Gasteiger charge is -2.27. The molecule has 0 unspecified atom stereocenters. The lowest BCUT2D eigenvalue weighted by Crippen LogP contribution is -2.40. The third-order valence-corrected chi connectivity index (χ3v) is 6.71. The molecule has 0 N–H and O–H groups in total. The first-order chi connectivity index (χ1) is 17.9. The van der Waals surface area contributed by atoms with Gasteiger partial charge in [-0.05, 0) is 35.9 Å². The molecule has 0 saturated carbocycles. The van der Waals surface area contributed by atoms with Gasteiger partial charge in [0, 0.05) is 56.5 Å². The Morgan fingerprint density at radius 3 is 2.62 bits per heavy atom. The normalized spacial score (nSPS) is 15.4. The van der Waals surface area contributed by atoms with Crippen LogP contribution in [0.1, 0.15) is 29.2 Å². The molecule has 2 amide bonds. The van der Waals surface area contributed by atoms with Gasteiger partial charge in [0.2, 0.25) is 11.8 Å². The molecule has 1 atom stereocenters. The van der Waals surface area contributed by atoms with E-state index < -0.39 is 0 Å². The highest BCUT2D eigenvalue weighted by Crippen LogP contribution is 2.29. The number of aromatic nitrogens is 1. The van der Waals surface area contributed by atoms with Crippen LogP contribution in [0, 0.1) is 5.82 Å². The molecular weight excluding hydrogens is 471 g/mol. The number of amides is 2. The Labute approximate surface area is 215 Å². The molecule has 0 spiro atoms. The van der Waals surface area contributed by atoms with E-state index in [4.69, 9.17) is 4.42 Å². The summed E-state index contributed by atoms with van der Waals surface area (Å²) in [6, 6.07) is 20.0. The SMILES string of the molecule is CN(C)c1nc2cc(F)ccc2cc1CN(Cc1ccco1)C(=O)CN1C[C@@H](c2ccccc2)CC1=O. The molecule has 5 rings (SSSR count). The van der Waals surface area contributed by atoms with Crippen molar-refractivity contribution in [3.63, 3.8) is 0 Å². The predicted molar refractivity (Wildman–Crippen MR) is 139 cm³/mol. The molecule has 8 heteroatoms. The average molecular weight is 501 g/mol. The summed E-state index contributed by atoms with van der Waals surface area (Å²) in [6.07, 6.45) is 1.97. The van der Waals surface area contributed by atoms with Crippen LogP contribution in [0.4, 0.5) is 10.2 Å². The van der Waals surface area contributed by atoms with E-state index in [-0.39, 0.29) is 43.2 Å². The van der Waals surface area contributed by atoms with E-state index in [1.165, 1.54) is 12.1 Å². The molecule has 190 valence electrons. The van der Waals surface area contributed by atoms with Crippen molar-refractivity contribution >= 4 is 28.5 Å². The van der Waals surface area contributed by atoms with E-state index in [9.17, 15) is 14.0 Å². The topological polar surface area (TPSA) is 69.9 Å². The Morgan fingerprint density at radius 1 is 1.08 bits per heavy atom. The number of anilines is 1. The Morgan fingerprint density at radius 2 is 1.89 bits per heavy atom. The molecule has 37 heavy (non-hydrogen) atoms. The molecule has 3 heterocycles. The first-order valence-electron chi connectivity index (χ1n) is 12.3. The van der Waals surface area contributed by atoms with Crippen LogP contribution in [-0.4, -0.2) is 53.8 Å². The minimum absolute atomic E-state index is 0.00755. The average Bonchev–Trinajstić information content (AvgIpc) is 3.53. The molecule has 4 aromatic rings. The first-order valence-corrected chi connectivity index (χ1v) is 12.3. The van der Waals surface area contributed by atoms with Crippen LogP contribution in [0.5, 0.6) is 0 Å². The number of furan rings is 1. The smallest absolute Gasteiger partial charge is 0.242 e. The number of likely N-dealkylation sites (tertiary alicyclic amines) is 1. The first kappa shape index (κ1) is 24.5. The summed E-state index contributed by atoms with van der Waals surface area (Å²) in [7, 11) is 3.73. The van der Waals surface area contributed by atoms with Crippen molar-refractivity contribution in [3.05, 3.63) is 95.7 Å². The number of rotatable bonds is 8. The number of carbonyl (C=O) groups is 2. The van der Waals surface area contributed by atoms with Crippen molar-refractivity contribution in [2.75, 3.05) is 32.1 Å². The Bertz CT molecular complexity index is 1410. The minimum atomic E-state index is -0.351. The summed E-state index contributed by atoms with van der Waals surface area (Å²) < 4.78 is 19.3. The predicted octanol–water partition coefficient (Wildman–Crippen LogP) is 4.58. The van der Waals surface area contributed by atoms with Gasteiger partial charge in [0.05, 0.1) is 24.9 Å². The molecule has 1 aliphatic rings. The van der Waals surface area contributed by atoms with Gasteiger partial charge in [-0.15, -0.1) is 0 Å². The number of pyridine rings is 1. The maximum atomic E-state index is 13.8. The molecule has 0 bridgehead atoms. The van der Waals surface area contributed by atoms with Crippen LogP contribution >= 0.6 is 0 Å². The maximum absolute atomic E-state index is 13.8. The molecule has 2 aromatic heterocycles. The summed E-state index contributed by atoms with van der Waals surface area (Å²) in [5.41, 5.74) is 2.47. The zero-order valence-electron chi connectivity index (χ0n) is 20.9. The van der Waals surface area contributed by atoms with Gasteiger partial charge in [-0.25, -0.2) is 9.37 Å². The molecule has 0 radical (unpaired) electrons. The summed E-state index contributed by atoms with van der Waals surface area (Å²) in [4.78, 5) is 36.3. The van der Waals surface area contributed by atoms with Gasteiger partial charge in [0.1, 0.15) is 17.4 Å². The number of benzene rings is 2. The van der Waals surface area contributed by atoms with Crippen molar-refractivity contribution in [1.29, 1.82) is 0 Å². The number of hydrogen-bond donors (Lipinski definition) is 0. The van der Waals surface area contributed by atoms with Gasteiger partial charge in [-0.1, -0.05) is 30.3 Å². The fraction of sp³-hybridized carbons (Fsp3) is 0.276. The minimum Gasteiger partial charge on any atom is -0.467 e. The number of hydrogen-bond acceptors (Lipinski definition) is 5. The summed E-state index contributed by atoms with van der Waals surface area (Å²) >= 11 is 0. The molecule has 7 nitrogen and oxygen atoms in total. The van der Waals surface area contributed by atoms with E-state index in [0.717, 1.165) is 16.5 Å². The highest BCUT2D eigenvalue weighted by Gasteiger charge is 2.33. The Balaban J connectivity index is 1.40. The Hall–Kier alpha value is -4.20. The van der Waals surface area contributed by atoms with Crippen LogP contribution in [0.2, 0.25) is 0 Å². The van der Waals surface area contributed by atoms with Crippen molar-refractivity contribution in [2.24, 2.45) is 0 Å². The summed E-state index contributed by atoms with van der Waals surface area (Å²) in [6.45, 7) is 1.02. The van der Waals surface area contributed by atoms with Crippen LogP contribution in [-0.2, 0) is 22.7 Å². The molecular formula is C29H29FN4O3. The van der Waals surface area contributed by atoms with Crippen molar-refractivity contribution < 1.29 is 18.4 Å². The molecule has 0 aliphatic carbocycles. The third-order valence-electron chi connectivity index (χ3n) is 6.71. The molecule has 2 aromatic carbocycles. The van der Waals surface area contributed by atoms with Gasteiger partial charge in [-0.2, -0.15) is 0 Å². The Kier molecular flexibility index (Phi) is 6.90. The van der Waals surface area contributed by atoms with Gasteiger partial charge in [0.15, 0.2) is 0 Å². The highest BCUT2D eigenvalue weighted by atomic mass is 19.1. The second kappa shape index (κ2) is 10.4. The fourth-order valence-electron chi connectivity index (χ4n) is 4.84. The number of nitrogens with zero attached hydrogens (tertiary/aromatic N) is 4. The lowest BCUT2D eigenvalue weighted by atomic mass is 9.99. The highest BCUT2D eigenvalue weighted by molar-refractivity contribution is 5.87. The van der Waals surface area contributed by atoms with Crippen LogP contribution in [0.15, 0.2) is 77.4 Å². The second-order valence-corrected chi connectivity index (χ2v) is 9.62. The van der Waals surface area contributed by atoms with Gasteiger partial charge in [0.25, 0.3) is 0 Å². The lowest BCUT2D eigenvalue weighted by molar-refractivity contribution is -0.139. The van der Waals surface area contributed by atoms with Crippen LogP contribution in [0.25, 0.3) is 10.9 Å². The van der Waals surface area contributed by atoms with Crippen molar-refractivity contribution in [3.8, 4) is 0 Å². The summed E-state index contributed by atoms with van der Waals surface area (Å²) in [5.74, 6) is 0.815. The quantitative estimate of drug-likeness (QED) is 0.354. The second-order valence-electron chi connectivity index (χ2n) is 9.62. The molecule has 1 aliphatic heterocycles. The maximum Gasteiger partial charge on any atom is 0.242 e. The summed E-state index contributed by atoms with van der Waals surface area (Å²) in [5, 5.41) is 0.785. The van der Waals surface area contributed by atoms with E-state index in [2.05, 4.69) is 4.98 Å². The van der Waals surface area contributed by atoms with Gasteiger partial charge in [-0.3, -0.25) is 9.59 Å². The largest absolute Gasteiger partial charge is 0.467 e. The van der Waals surface area contributed by atoms with E-state index in [0.29, 0.717) is 30.1 Å². The number of fused-ring (bicyclic) bond motifs is 1. The zero-order chi connectivity index (χ0) is 25.9. The van der Waals surface area contributed by atoms with Gasteiger partial charge >= 0.3 is 0 Å². The van der Waals surface area contributed by atoms with Gasteiger partial charge < -0.3 is 19.1 Å². The fourth-order valence-corrected chi connectivity index (χ4v) is 4.84. The van der Waals surface area contributed by atoms with Crippen LogP contribution < -0.4 is 4.90 Å². The van der Waals surface area contributed by atoms with Crippen molar-refractivity contribution in [2.45, 2.75) is 25.4 Å². The standard InChI is InChI=1S/C29H29FN4O3/c1-32(2)29-23(13-21-10-11-24(30)15-26(21)31-29)17-33(18-25-9-6-12-37-25)28(36)19-34-16-22(14-27(34)35)20-7-4-3-5-8-20/h3-13,15,22H,14,16-19H2,1-2H3/t22-/m0/s1. The monoisotopic (exact) mass is 500 g/mol. The molecule has 1 fully saturated rings. The van der Waals surface area contributed by atoms with E-state index in [1.807, 2.05) is 61.5 Å².